The Morgan fingerprint density at radius 1 is 1.40 bits per heavy atom. The van der Waals surface area contributed by atoms with Gasteiger partial charge in [-0.1, -0.05) is 30.3 Å². The number of rotatable bonds is 4. The summed E-state index contributed by atoms with van der Waals surface area (Å²) in [7, 11) is -4.32. The standard InChI is InChI=1S/C9H11O4P.Li/c1-8(10)14(11,12)13-7-9-5-3-2-4-6-9;/h2-6H,7H2,1H3,(H,11,12);/q;+1/p-1. The molecule has 0 saturated heterocycles. The predicted molar refractivity (Wildman–Crippen MR) is 49.5 cm³/mol. The minimum absolute atomic E-state index is 0. The van der Waals surface area contributed by atoms with Gasteiger partial charge in [-0.25, -0.2) is 0 Å². The third kappa shape index (κ3) is 4.79. The average molecular weight is 220 g/mol. The smallest absolute Gasteiger partial charge is 0.773 e. The molecule has 0 aliphatic carbocycles. The largest absolute Gasteiger partial charge is 1.00 e. The molecular weight excluding hydrogens is 210 g/mol. The Morgan fingerprint density at radius 2 is 1.93 bits per heavy atom. The second-order valence-electron chi connectivity index (χ2n) is 2.78. The summed E-state index contributed by atoms with van der Waals surface area (Å²) in [5.41, 5.74) is -0.238. The summed E-state index contributed by atoms with van der Waals surface area (Å²) in [6.45, 7) is 0.875. The first-order chi connectivity index (χ1) is 6.52. The van der Waals surface area contributed by atoms with Crippen LogP contribution in [-0.2, 0) is 20.5 Å². The van der Waals surface area contributed by atoms with Crippen LogP contribution in [-0.4, -0.2) is 5.52 Å². The van der Waals surface area contributed by atoms with Crippen LogP contribution in [0.4, 0.5) is 0 Å². The first-order valence-corrected chi connectivity index (χ1v) is 5.57. The molecule has 0 aliphatic rings. The van der Waals surface area contributed by atoms with Crippen molar-refractivity contribution in [3.63, 3.8) is 0 Å². The van der Waals surface area contributed by atoms with Gasteiger partial charge in [0, 0.05) is 6.92 Å². The van der Waals surface area contributed by atoms with Crippen molar-refractivity contribution in [1.29, 1.82) is 0 Å². The normalized spacial score (nSPS) is 13.7. The molecular formula is C9H10LiO4P. The summed E-state index contributed by atoms with van der Waals surface area (Å²) in [4.78, 5) is 21.5. The van der Waals surface area contributed by atoms with Crippen LogP contribution in [0.5, 0.6) is 0 Å². The SMILES string of the molecule is CC(=O)P(=O)([O-])OCc1ccccc1.[Li+]. The van der Waals surface area contributed by atoms with Crippen LogP contribution in [0.3, 0.4) is 0 Å². The van der Waals surface area contributed by atoms with E-state index in [4.69, 9.17) is 0 Å². The van der Waals surface area contributed by atoms with Crippen molar-refractivity contribution in [3.05, 3.63) is 35.9 Å². The van der Waals surface area contributed by atoms with Crippen molar-refractivity contribution in [2.24, 2.45) is 0 Å². The third-order valence-corrected chi connectivity index (χ3v) is 2.87. The molecule has 6 heteroatoms. The minimum atomic E-state index is -4.32. The second-order valence-corrected chi connectivity index (χ2v) is 4.66. The number of hydrogen-bond donors (Lipinski definition) is 0. The molecule has 1 aromatic rings. The zero-order chi connectivity index (χ0) is 10.6. The van der Waals surface area contributed by atoms with Gasteiger partial charge in [-0.2, -0.15) is 0 Å². The Labute approximate surface area is 100 Å². The molecule has 0 aliphatic heterocycles. The maximum atomic E-state index is 11.0. The first-order valence-electron chi connectivity index (χ1n) is 4.03. The Kier molecular flexibility index (Phi) is 6.12. The van der Waals surface area contributed by atoms with Gasteiger partial charge in [0.15, 0.2) is 0 Å². The van der Waals surface area contributed by atoms with Gasteiger partial charge < -0.3 is 14.0 Å². The zero-order valence-electron chi connectivity index (χ0n) is 8.67. The quantitative estimate of drug-likeness (QED) is 0.448. The van der Waals surface area contributed by atoms with Gasteiger partial charge in [-0.15, -0.1) is 0 Å². The summed E-state index contributed by atoms with van der Waals surface area (Å²) in [6, 6.07) is 8.79. The molecule has 4 nitrogen and oxygen atoms in total. The van der Waals surface area contributed by atoms with Gasteiger partial charge in [0.05, 0.1) is 6.61 Å². The molecule has 0 saturated carbocycles. The molecule has 15 heavy (non-hydrogen) atoms. The van der Waals surface area contributed by atoms with Gasteiger partial charge in [0.25, 0.3) is 0 Å². The van der Waals surface area contributed by atoms with Crippen LogP contribution in [0.25, 0.3) is 0 Å². The van der Waals surface area contributed by atoms with E-state index in [1.54, 1.807) is 24.3 Å². The molecule has 0 aromatic heterocycles. The van der Waals surface area contributed by atoms with E-state index in [1.165, 1.54) is 0 Å². The summed E-state index contributed by atoms with van der Waals surface area (Å²) in [6.07, 6.45) is 0. The summed E-state index contributed by atoms with van der Waals surface area (Å²) in [5, 5.41) is 0. The average Bonchev–Trinajstić information content (AvgIpc) is 2.16. The summed E-state index contributed by atoms with van der Waals surface area (Å²) < 4.78 is 15.5. The topological polar surface area (TPSA) is 66.4 Å². The molecule has 1 rings (SSSR count). The van der Waals surface area contributed by atoms with Crippen LogP contribution < -0.4 is 23.8 Å². The second kappa shape index (κ2) is 6.27. The maximum absolute atomic E-state index is 11.0. The summed E-state index contributed by atoms with van der Waals surface area (Å²) >= 11 is 0. The molecule has 0 spiro atoms. The molecule has 0 N–H and O–H groups in total. The first kappa shape index (κ1) is 14.6. The number of carbonyl (C=O) groups excluding carboxylic acids is 1. The molecule has 0 bridgehead atoms. The molecule has 1 atom stereocenters. The zero-order valence-corrected chi connectivity index (χ0v) is 9.57. The van der Waals surface area contributed by atoms with E-state index in [9.17, 15) is 14.3 Å². The van der Waals surface area contributed by atoms with Crippen LogP contribution >= 0.6 is 7.60 Å². The Hall–Kier alpha value is -0.363. The molecule has 0 amide bonds. The number of benzene rings is 1. The predicted octanol–water partition coefficient (Wildman–Crippen LogP) is -1.69. The maximum Gasteiger partial charge on any atom is 1.00 e. The van der Waals surface area contributed by atoms with Gasteiger partial charge in [-0.05, 0) is 5.56 Å². The van der Waals surface area contributed by atoms with Gasteiger partial charge in [0.2, 0.25) is 13.1 Å². The van der Waals surface area contributed by atoms with Gasteiger partial charge in [-0.3, -0.25) is 4.79 Å². The Balaban J connectivity index is 0.00000196. The molecule has 1 aromatic carbocycles. The van der Waals surface area contributed by atoms with Gasteiger partial charge in [0.1, 0.15) is 0 Å². The van der Waals surface area contributed by atoms with E-state index in [-0.39, 0.29) is 25.5 Å². The van der Waals surface area contributed by atoms with Crippen LogP contribution in [0.15, 0.2) is 30.3 Å². The molecule has 76 valence electrons. The molecule has 0 fully saturated rings. The van der Waals surface area contributed by atoms with Crippen molar-refractivity contribution >= 4 is 13.1 Å². The number of carbonyl (C=O) groups is 1. The van der Waals surface area contributed by atoms with E-state index in [0.29, 0.717) is 5.56 Å². The molecule has 1 unspecified atom stereocenters. The van der Waals surface area contributed by atoms with Crippen LogP contribution in [0.1, 0.15) is 12.5 Å². The number of hydrogen-bond acceptors (Lipinski definition) is 4. The monoisotopic (exact) mass is 220 g/mol. The van der Waals surface area contributed by atoms with Gasteiger partial charge >= 0.3 is 18.9 Å². The van der Waals surface area contributed by atoms with E-state index in [1.807, 2.05) is 6.07 Å². The van der Waals surface area contributed by atoms with Crippen LogP contribution in [0, 0.1) is 0 Å². The molecule has 0 radical (unpaired) electrons. The van der Waals surface area contributed by atoms with Crippen molar-refractivity contribution in [2.45, 2.75) is 13.5 Å². The summed E-state index contributed by atoms with van der Waals surface area (Å²) in [5.74, 6) is 0. The fraction of sp³-hybridized carbons (Fsp3) is 0.222. The fourth-order valence-corrected chi connectivity index (χ4v) is 1.33. The van der Waals surface area contributed by atoms with E-state index >= 15 is 0 Å². The van der Waals surface area contributed by atoms with Crippen molar-refractivity contribution in [2.75, 3.05) is 0 Å². The van der Waals surface area contributed by atoms with E-state index < -0.39 is 13.1 Å². The minimum Gasteiger partial charge on any atom is -0.773 e. The van der Waals surface area contributed by atoms with Crippen molar-refractivity contribution in [3.8, 4) is 0 Å². The Bertz CT molecular complexity index is 366. The van der Waals surface area contributed by atoms with Crippen molar-refractivity contribution in [1.82, 2.24) is 0 Å². The fourth-order valence-electron chi connectivity index (χ4n) is 0.825. The van der Waals surface area contributed by atoms with Crippen LogP contribution in [0.2, 0.25) is 0 Å². The Morgan fingerprint density at radius 3 is 2.40 bits per heavy atom. The molecule has 0 heterocycles. The van der Waals surface area contributed by atoms with E-state index in [2.05, 4.69) is 4.52 Å². The van der Waals surface area contributed by atoms with Crippen molar-refractivity contribution < 1.29 is 37.6 Å². The van der Waals surface area contributed by atoms with E-state index in [0.717, 1.165) is 6.92 Å². The third-order valence-electron chi connectivity index (χ3n) is 1.63.